The van der Waals surface area contributed by atoms with Crippen molar-refractivity contribution < 1.29 is 26.6 Å². The highest BCUT2D eigenvalue weighted by molar-refractivity contribution is 7.92. The van der Waals surface area contributed by atoms with E-state index in [9.17, 15) is 26.9 Å². The minimum atomic E-state index is -4.11. The molecule has 0 fully saturated rings. The van der Waals surface area contributed by atoms with Gasteiger partial charge in [-0.05, 0) is 36.8 Å². The molecule has 0 heterocycles. The highest BCUT2D eigenvalue weighted by Gasteiger charge is 2.23. The van der Waals surface area contributed by atoms with Gasteiger partial charge in [-0.1, -0.05) is 10.5 Å². The maximum atomic E-state index is 12.6. The lowest BCUT2D eigenvalue weighted by Gasteiger charge is -2.15. The number of rotatable bonds is 7. The molecule has 0 aromatic heterocycles. The topological polar surface area (TPSA) is 136 Å². The molecule has 1 N–H and O–H groups in total. The van der Waals surface area contributed by atoms with Crippen molar-refractivity contribution in [1.29, 1.82) is 0 Å². The van der Waals surface area contributed by atoms with Gasteiger partial charge in [0.25, 0.3) is 25.7 Å². The molecule has 146 valence electrons. The first-order valence-electron chi connectivity index (χ1n) is 7.40. The summed E-state index contributed by atoms with van der Waals surface area (Å²) in [6.45, 7) is 1.51. The number of anilines is 1. The van der Waals surface area contributed by atoms with Crippen LogP contribution >= 0.6 is 0 Å². The molecule has 27 heavy (non-hydrogen) atoms. The van der Waals surface area contributed by atoms with Crippen LogP contribution in [0.25, 0.3) is 0 Å². The third kappa shape index (κ3) is 4.42. The van der Waals surface area contributed by atoms with Gasteiger partial charge < -0.3 is 0 Å². The second kappa shape index (κ2) is 7.60. The second-order valence-corrected chi connectivity index (χ2v) is 9.02. The summed E-state index contributed by atoms with van der Waals surface area (Å²) in [5, 5.41) is 10.9. The number of nitro groups is 1. The molecule has 0 radical (unpaired) electrons. The molecule has 2 aromatic rings. The fourth-order valence-electron chi connectivity index (χ4n) is 2.14. The van der Waals surface area contributed by atoms with Crippen molar-refractivity contribution in [3.8, 4) is 0 Å². The van der Waals surface area contributed by atoms with Crippen LogP contribution in [0.1, 0.15) is 5.56 Å². The number of hydrogen-bond acceptors (Lipinski definition) is 7. The molecule has 0 atom stereocenters. The summed E-state index contributed by atoms with van der Waals surface area (Å²) in [7, 11) is -5.56. The van der Waals surface area contributed by atoms with Gasteiger partial charge in [0.1, 0.15) is 0 Å². The van der Waals surface area contributed by atoms with Crippen LogP contribution in [0.3, 0.4) is 0 Å². The zero-order valence-electron chi connectivity index (χ0n) is 14.6. The van der Waals surface area contributed by atoms with E-state index in [-0.39, 0.29) is 21.2 Å². The van der Waals surface area contributed by atoms with Crippen LogP contribution in [0.2, 0.25) is 0 Å². The minimum Gasteiger partial charge on any atom is -0.288 e. The molecule has 0 unspecified atom stereocenters. The minimum absolute atomic E-state index is 0.0960. The third-order valence-electron chi connectivity index (χ3n) is 3.67. The van der Waals surface area contributed by atoms with Gasteiger partial charge in [-0.2, -0.15) is 0 Å². The van der Waals surface area contributed by atoms with Crippen molar-refractivity contribution in [2.24, 2.45) is 0 Å². The van der Waals surface area contributed by atoms with E-state index in [4.69, 9.17) is 0 Å². The number of non-ortho nitro benzene ring substituents is 1. The summed E-state index contributed by atoms with van der Waals surface area (Å²) in [6, 6.07) is 8.46. The van der Waals surface area contributed by atoms with E-state index in [2.05, 4.69) is 9.56 Å². The smallest absolute Gasteiger partial charge is 0.270 e. The number of hydrogen-bond donors (Lipinski definition) is 1. The van der Waals surface area contributed by atoms with Crippen molar-refractivity contribution in [1.82, 2.24) is 4.47 Å². The van der Waals surface area contributed by atoms with Gasteiger partial charge >= 0.3 is 0 Å². The molecule has 0 spiro atoms. The molecule has 0 aliphatic carbocycles. The van der Waals surface area contributed by atoms with Gasteiger partial charge in [0.2, 0.25) is 0 Å². The monoisotopic (exact) mass is 415 g/mol. The number of benzene rings is 2. The molecule has 0 saturated carbocycles. The molecule has 2 rings (SSSR count). The highest BCUT2D eigenvalue weighted by atomic mass is 32.2. The lowest BCUT2D eigenvalue weighted by Crippen LogP contribution is -2.25. The van der Waals surface area contributed by atoms with Crippen molar-refractivity contribution in [2.45, 2.75) is 16.7 Å². The Morgan fingerprint density at radius 3 is 2.19 bits per heavy atom. The number of sulfonamides is 2. The van der Waals surface area contributed by atoms with Crippen molar-refractivity contribution in [3.05, 3.63) is 58.1 Å². The van der Waals surface area contributed by atoms with Crippen LogP contribution in [0.5, 0.6) is 0 Å². The Morgan fingerprint density at radius 2 is 1.67 bits per heavy atom. The van der Waals surface area contributed by atoms with Gasteiger partial charge in [0, 0.05) is 24.9 Å². The predicted octanol–water partition coefficient (Wildman–Crippen LogP) is 1.89. The number of aryl methyl sites for hydroxylation is 1. The summed E-state index contributed by atoms with van der Waals surface area (Å²) in [4.78, 5) is 14.5. The van der Waals surface area contributed by atoms with Crippen molar-refractivity contribution in [2.75, 3.05) is 18.9 Å². The SMILES string of the molecule is CON(C)S(=O)(=O)c1ccc(NS(=O)(=O)c2cc([N+](=O)[O-])ccc2C)cc1. The Kier molecular flexibility index (Phi) is 5.85. The Morgan fingerprint density at radius 1 is 1.07 bits per heavy atom. The average Bonchev–Trinajstić information content (AvgIpc) is 2.61. The first kappa shape index (κ1) is 20.8. The molecule has 2 aromatic carbocycles. The lowest BCUT2D eigenvalue weighted by molar-refractivity contribution is -0.385. The zero-order chi connectivity index (χ0) is 20.4. The van der Waals surface area contributed by atoms with Gasteiger partial charge in [-0.3, -0.25) is 19.7 Å². The zero-order valence-corrected chi connectivity index (χ0v) is 16.2. The normalized spacial score (nSPS) is 12.1. The number of nitrogens with zero attached hydrogens (tertiary/aromatic N) is 2. The maximum absolute atomic E-state index is 12.6. The van der Waals surface area contributed by atoms with E-state index in [1.165, 1.54) is 57.5 Å². The summed E-state index contributed by atoms with van der Waals surface area (Å²) < 4.78 is 52.3. The fourth-order valence-corrected chi connectivity index (χ4v) is 4.44. The van der Waals surface area contributed by atoms with E-state index in [0.717, 1.165) is 6.07 Å². The summed E-state index contributed by atoms with van der Waals surface area (Å²) in [5.74, 6) is 0. The van der Waals surface area contributed by atoms with E-state index >= 15 is 0 Å². The van der Waals surface area contributed by atoms with Crippen LogP contribution < -0.4 is 4.72 Å². The number of nitro benzene ring substituents is 1. The average molecular weight is 415 g/mol. The largest absolute Gasteiger partial charge is 0.288 e. The standard InChI is InChI=1S/C15H17N3O7S2/c1-11-4-7-13(18(19)20)10-15(11)26(21,22)16-12-5-8-14(9-6-12)27(23,24)17(2)25-3/h4-10,16H,1-3H3. The van der Waals surface area contributed by atoms with Crippen LogP contribution in [-0.4, -0.2) is 40.4 Å². The lowest BCUT2D eigenvalue weighted by atomic mass is 10.2. The van der Waals surface area contributed by atoms with Crippen molar-refractivity contribution in [3.63, 3.8) is 0 Å². The van der Waals surface area contributed by atoms with Gasteiger partial charge in [-0.25, -0.2) is 16.8 Å². The Hall–Kier alpha value is -2.54. The molecule has 0 bridgehead atoms. The first-order valence-corrected chi connectivity index (χ1v) is 10.3. The van der Waals surface area contributed by atoms with Crippen LogP contribution in [0, 0.1) is 17.0 Å². The molecule has 0 amide bonds. The molecule has 10 nitrogen and oxygen atoms in total. The Balaban J connectivity index is 2.34. The van der Waals surface area contributed by atoms with Gasteiger partial charge in [-0.15, -0.1) is 0 Å². The van der Waals surface area contributed by atoms with Crippen LogP contribution in [-0.2, 0) is 24.9 Å². The predicted molar refractivity (Wildman–Crippen MR) is 97.0 cm³/mol. The fraction of sp³-hybridized carbons (Fsp3) is 0.200. The molecule has 0 aliphatic heterocycles. The second-order valence-electron chi connectivity index (χ2n) is 5.43. The van der Waals surface area contributed by atoms with Crippen LogP contribution in [0.4, 0.5) is 11.4 Å². The van der Waals surface area contributed by atoms with E-state index < -0.39 is 25.0 Å². The maximum Gasteiger partial charge on any atom is 0.270 e. The molecular weight excluding hydrogens is 398 g/mol. The molecular formula is C15H17N3O7S2. The molecule has 12 heteroatoms. The Labute approximate surface area is 156 Å². The van der Waals surface area contributed by atoms with Gasteiger partial charge in [0.05, 0.1) is 21.8 Å². The third-order valence-corrected chi connectivity index (χ3v) is 6.89. The van der Waals surface area contributed by atoms with Crippen molar-refractivity contribution >= 4 is 31.4 Å². The molecule has 0 saturated heterocycles. The molecule has 0 aliphatic rings. The summed E-state index contributed by atoms with van der Waals surface area (Å²) in [5.41, 5.74) is 0.0685. The number of nitrogens with one attached hydrogen (secondary N) is 1. The number of hydroxylamine groups is 1. The summed E-state index contributed by atoms with van der Waals surface area (Å²) >= 11 is 0. The van der Waals surface area contributed by atoms with Crippen LogP contribution in [0.15, 0.2) is 52.3 Å². The Bertz CT molecular complexity index is 1070. The quantitative estimate of drug-likeness (QED) is 0.538. The van der Waals surface area contributed by atoms with Gasteiger partial charge in [0.15, 0.2) is 0 Å². The first-order chi connectivity index (χ1) is 12.5. The van der Waals surface area contributed by atoms with E-state index in [1.807, 2.05) is 0 Å². The van der Waals surface area contributed by atoms with E-state index in [1.54, 1.807) is 0 Å². The summed E-state index contributed by atoms with van der Waals surface area (Å²) in [6.07, 6.45) is 0. The van der Waals surface area contributed by atoms with E-state index in [0.29, 0.717) is 10.0 Å². The highest BCUT2D eigenvalue weighted by Crippen LogP contribution is 2.25.